The number of fused-ring (bicyclic) bond motifs is 2. The second-order valence-corrected chi connectivity index (χ2v) is 8.93. The quantitative estimate of drug-likeness (QED) is 0.783. The molecule has 28 heavy (non-hydrogen) atoms. The molecule has 9 nitrogen and oxygen atoms in total. The summed E-state index contributed by atoms with van der Waals surface area (Å²) in [7, 11) is 1.55. The zero-order chi connectivity index (χ0) is 20.0. The van der Waals surface area contributed by atoms with Crippen molar-refractivity contribution in [2.45, 2.75) is 38.0 Å². The summed E-state index contributed by atoms with van der Waals surface area (Å²) >= 11 is 6.17. The Balaban J connectivity index is 1.45. The molecule has 4 aliphatic rings. The number of hydrogen-bond acceptors (Lipinski definition) is 6. The second-order valence-electron chi connectivity index (χ2n) is 8.54. The number of ether oxygens (including phenoxy) is 2. The summed E-state index contributed by atoms with van der Waals surface area (Å²) < 4.78 is 12.4. The molecule has 2 amide bonds. The predicted molar refractivity (Wildman–Crippen MR) is 99.6 cm³/mol. The lowest BCUT2D eigenvalue weighted by molar-refractivity contribution is 0.0587. The number of anilines is 1. The Kier molecular flexibility index (Phi) is 3.38. The van der Waals surface area contributed by atoms with Gasteiger partial charge in [-0.25, -0.2) is 9.78 Å². The molecule has 2 aromatic rings. The van der Waals surface area contributed by atoms with Crippen molar-refractivity contribution in [2.24, 2.45) is 11.8 Å². The Labute approximate surface area is 165 Å². The van der Waals surface area contributed by atoms with Crippen LogP contribution in [-0.2, 0) is 9.47 Å². The van der Waals surface area contributed by atoms with E-state index < -0.39 is 11.7 Å². The molecular formula is C18H20ClN5O4. The summed E-state index contributed by atoms with van der Waals surface area (Å²) in [5.41, 5.74) is -0.270. The number of carbonyl (C=O) groups excluding carboxylic acids is 2. The number of amides is 2. The average Bonchev–Trinajstić information content (AvgIpc) is 3.12. The van der Waals surface area contributed by atoms with Gasteiger partial charge in [-0.3, -0.25) is 9.69 Å². The molecule has 6 rings (SSSR count). The summed E-state index contributed by atoms with van der Waals surface area (Å²) in [6, 6.07) is 1.50. The first-order valence-corrected chi connectivity index (χ1v) is 9.46. The molecule has 1 N–H and O–H groups in total. The maximum atomic E-state index is 12.8. The highest BCUT2D eigenvalue weighted by molar-refractivity contribution is 6.30. The molecule has 148 valence electrons. The molecule has 4 fully saturated rings. The van der Waals surface area contributed by atoms with Gasteiger partial charge in [0.2, 0.25) is 0 Å². The fourth-order valence-corrected chi connectivity index (χ4v) is 4.34. The van der Waals surface area contributed by atoms with Crippen LogP contribution in [0.2, 0.25) is 5.15 Å². The van der Waals surface area contributed by atoms with Crippen molar-refractivity contribution in [3.05, 3.63) is 23.0 Å². The van der Waals surface area contributed by atoms with Crippen molar-refractivity contribution in [3.8, 4) is 0 Å². The van der Waals surface area contributed by atoms with Crippen LogP contribution in [0.3, 0.4) is 0 Å². The highest BCUT2D eigenvalue weighted by Crippen LogP contribution is 2.77. The van der Waals surface area contributed by atoms with Crippen LogP contribution >= 0.6 is 11.6 Å². The average molecular weight is 406 g/mol. The van der Waals surface area contributed by atoms with Gasteiger partial charge in [0.25, 0.3) is 5.91 Å². The van der Waals surface area contributed by atoms with Gasteiger partial charge in [0.1, 0.15) is 22.1 Å². The summed E-state index contributed by atoms with van der Waals surface area (Å²) in [5, 5.41) is 7.47. The van der Waals surface area contributed by atoms with E-state index in [9.17, 15) is 9.59 Å². The van der Waals surface area contributed by atoms with Crippen LogP contribution in [0.5, 0.6) is 0 Å². The number of hydrogen-bond donors (Lipinski definition) is 1. The largest absolute Gasteiger partial charge is 0.443 e. The Bertz CT molecular complexity index is 1010. The van der Waals surface area contributed by atoms with Gasteiger partial charge >= 0.3 is 6.09 Å². The smallest absolute Gasteiger partial charge is 0.415 e. The maximum Gasteiger partial charge on any atom is 0.415 e. The Morgan fingerprint density at radius 2 is 2.21 bits per heavy atom. The molecule has 4 atom stereocenters. The van der Waals surface area contributed by atoms with Crippen molar-refractivity contribution < 1.29 is 19.1 Å². The first kappa shape index (κ1) is 17.7. The van der Waals surface area contributed by atoms with Crippen molar-refractivity contribution in [2.75, 3.05) is 18.6 Å². The van der Waals surface area contributed by atoms with E-state index in [1.165, 1.54) is 21.7 Å². The molecule has 2 aromatic heterocycles. The van der Waals surface area contributed by atoms with Crippen LogP contribution in [0.1, 0.15) is 31.1 Å². The fourth-order valence-electron chi connectivity index (χ4n) is 4.16. The normalized spacial score (nSPS) is 29.4. The summed E-state index contributed by atoms with van der Waals surface area (Å²) in [5.74, 6) is 0.953. The zero-order valence-corrected chi connectivity index (χ0v) is 16.6. The van der Waals surface area contributed by atoms with Crippen LogP contribution < -0.4 is 10.2 Å². The van der Waals surface area contributed by atoms with Gasteiger partial charge in [0, 0.05) is 24.9 Å². The van der Waals surface area contributed by atoms with E-state index in [4.69, 9.17) is 21.1 Å². The monoisotopic (exact) mass is 405 g/mol. The topological polar surface area (TPSA) is 98.1 Å². The van der Waals surface area contributed by atoms with E-state index in [0.29, 0.717) is 29.8 Å². The molecule has 2 aliphatic carbocycles. The summed E-state index contributed by atoms with van der Waals surface area (Å²) in [4.78, 5) is 30.8. The van der Waals surface area contributed by atoms with E-state index in [1.807, 2.05) is 0 Å². The number of nitrogens with zero attached hydrogens (tertiary/aromatic N) is 4. The molecule has 0 spiro atoms. The van der Waals surface area contributed by atoms with Gasteiger partial charge in [-0.15, -0.1) is 0 Å². The number of rotatable bonds is 3. The third kappa shape index (κ3) is 2.35. The highest BCUT2D eigenvalue weighted by atomic mass is 35.5. The van der Waals surface area contributed by atoms with Crippen LogP contribution in [0, 0.1) is 11.8 Å². The second kappa shape index (κ2) is 5.36. The zero-order valence-electron chi connectivity index (χ0n) is 15.9. The lowest BCUT2D eigenvalue weighted by Crippen LogP contribution is -2.36. The predicted octanol–water partition coefficient (Wildman–Crippen LogP) is 1.88. The summed E-state index contributed by atoms with van der Waals surface area (Å²) in [6.07, 6.45) is 1.01. The van der Waals surface area contributed by atoms with E-state index >= 15 is 0 Å². The van der Waals surface area contributed by atoms with Gasteiger partial charge in [-0.05, 0) is 20.8 Å². The van der Waals surface area contributed by atoms with Crippen molar-refractivity contribution >= 4 is 35.1 Å². The van der Waals surface area contributed by atoms with Gasteiger partial charge in [0.15, 0.2) is 5.65 Å². The fraction of sp³-hybridized carbons (Fsp3) is 0.556. The number of nitrogens with one attached hydrogen (secondary N) is 1. The van der Waals surface area contributed by atoms with Gasteiger partial charge in [-0.2, -0.15) is 9.61 Å². The van der Waals surface area contributed by atoms with Crippen molar-refractivity contribution in [1.29, 1.82) is 0 Å². The third-order valence-electron chi connectivity index (χ3n) is 5.64. The van der Waals surface area contributed by atoms with Crippen LogP contribution in [0.25, 0.3) is 5.65 Å². The van der Waals surface area contributed by atoms with Gasteiger partial charge in [-0.1, -0.05) is 11.6 Å². The third-order valence-corrected chi connectivity index (χ3v) is 5.83. The van der Waals surface area contributed by atoms with Gasteiger partial charge < -0.3 is 14.8 Å². The minimum atomic E-state index is -0.651. The lowest BCUT2D eigenvalue weighted by atomic mass is 10.2. The minimum absolute atomic E-state index is 0.143. The number of carbonyl (C=O) groups is 2. The molecule has 4 heterocycles. The number of halogens is 1. The first-order valence-electron chi connectivity index (χ1n) is 9.08. The molecule has 0 aromatic carbocycles. The van der Waals surface area contributed by atoms with Crippen molar-refractivity contribution in [3.63, 3.8) is 0 Å². The van der Waals surface area contributed by atoms with E-state index in [-0.39, 0.29) is 28.4 Å². The molecule has 2 bridgehead atoms. The Hall–Kier alpha value is -2.39. The Morgan fingerprint density at radius 3 is 2.82 bits per heavy atom. The molecule has 0 radical (unpaired) electrons. The maximum absolute atomic E-state index is 12.8. The van der Waals surface area contributed by atoms with E-state index in [1.54, 1.807) is 27.8 Å². The highest BCUT2D eigenvalue weighted by Gasteiger charge is 2.92. The summed E-state index contributed by atoms with van der Waals surface area (Å²) in [6.45, 7) is 6.05. The Morgan fingerprint density at radius 1 is 1.46 bits per heavy atom. The SMILES string of the molecule is CN(C(=O)OC(C)(C)C)c1cc(Cl)nc2c(C(=O)N[C@]34C5OC[C@@H]3[C@H]54)cnn12. The van der Waals surface area contributed by atoms with Gasteiger partial charge in [0.05, 0.1) is 24.4 Å². The van der Waals surface area contributed by atoms with Crippen molar-refractivity contribution in [1.82, 2.24) is 19.9 Å². The van der Waals surface area contributed by atoms with Crippen LogP contribution in [0.15, 0.2) is 12.3 Å². The van der Waals surface area contributed by atoms with E-state index in [0.717, 1.165) is 0 Å². The molecule has 10 heteroatoms. The molecule has 2 saturated carbocycles. The molecule has 1 unspecified atom stereocenters. The van der Waals surface area contributed by atoms with E-state index in [2.05, 4.69) is 15.4 Å². The van der Waals surface area contributed by atoms with Crippen LogP contribution in [-0.4, -0.2) is 57.5 Å². The molecular weight excluding hydrogens is 386 g/mol. The standard InChI is InChI=1S/C18H20ClN5O4/c1-17(2,3)28-16(26)23(4)11-5-10(19)21-14-8(6-20-24(11)14)15(25)22-18-9-7-27-13(18)12(9)18/h5-6,9,12-13H,7H2,1-4H3,(H,22,25)/t9-,12-,13?,18-/m1/s1. The first-order chi connectivity index (χ1) is 13.1. The lowest BCUT2D eigenvalue weighted by Gasteiger charge is -2.24. The number of aromatic nitrogens is 3. The van der Waals surface area contributed by atoms with Crippen LogP contribution in [0.4, 0.5) is 10.6 Å². The minimum Gasteiger partial charge on any atom is -0.443 e. The molecule has 2 saturated heterocycles. The molecule has 2 aliphatic heterocycles.